The van der Waals surface area contributed by atoms with Crippen molar-refractivity contribution in [2.45, 2.75) is 32.9 Å². The molecule has 0 saturated heterocycles. The zero-order valence-corrected chi connectivity index (χ0v) is 18.7. The molecule has 1 atom stereocenters. The van der Waals surface area contributed by atoms with Crippen LogP contribution in [0.5, 0.6) is 0 Å². The highest BCUT2D eigenvalue weighted by atomic mass is 32.1. The molecule has 0 spiro atoms. The van der Waals surface area contributed by atoms with Gasteiger partial charge < -0.3 is 4.90 Å². The zero-order valence-electron chi connectivity index (χ0n) is 17.9. The van der Waals surface area contributed by atoms with Gasteiger partial charge in [0, 0.05) is 12.6 Å². The van der Waals surface area contributed by atoms with Gasteiger partial charge in [-0.2, -0.15) is 0 Å². The number of amides is 1. The molecule has 1 unspecified atom stereocenters. The van der Waals surface area contributed by atoms with Crippen LogP contribution < -0.4 is 0 Å². The van der Waals surface area contributed by atoms with Gasteiger partial charge >= 0.3 is 0 Å². The van der Waals surface area contributed by atoms with Gasteiger partial charge in [-0.15, -0.1) is 11.3 Å². The molecule has 0 aliphatic heterocycles. The minimum atomic E-state index is -0.0181. The van der Waals surface area contributed by atoms with Crippen LogP contribution in [0.4, 0.5) is 0 Å². The second-order valence-electron chi connectivity index (χ2n) is 7.73. The molecular weight excluding hydrogens is 400 g/mol. The standard InChI is InChI=1S/C27H26N2OS/c1-20(18-22-12-6-3-7-13-22)29(19-23-14-8-4-9-15-23)27(30)25-26(31-21(2)28-25)24-16-10-5-11-17-24/h3-17,20H,18-19H2,1-2H3. The third kappa shape index (κ3) is 5.09. The Labute approximate surface area is 188 Å². The lowest BCUT2D eigenvalue weighted by Crippen LogP contribution is -2.39. The van der Waals surface area contributed by atoms with E-state index in [0.717, 1.165) is 27.4 Å². The van der Waals surface area contributed by atoms with E-state index in [0.29, 0.717) is 12.2 Å². The normalized spacial score (nSPS) is 11.8. The number of benzene rings is 3. The maximum absolute atomic E-state index is 13.9. The fourth-order valence-corrected chi connectivity index (χ4v) is 4.68. The van der Waals surface area contributed by atoms with Crippen LogP contribution in [0.3, 0.4) is 0 Å². The van der Waals surface area contributed by atoms with Crippen LogP contribution in [0.25, 0.3) is 10.4 Å². The summed E-state index contributed by atoms with van der Waals surface area (Å²) in [5, 5.41) is 0.901. The molecule has 3 nitrogen and oxygen atoms in total. The van der Waals surface area contributed by atoms with Gasteiger partial charge in [-0.25, -0.2) is 4.98 Å². The van der Waals surface area contributed by atoms with E-state index in [1.54, 1.807) is 11.3 Å². The monoisotopic (exact) mass is 426 g/mol. The summed E-state index contributed by atoms with van der Waals surface area (Å²) in [6, 6.07) is 30.6. The van der Waals surface area contributed by atoms with Crippen LogP contribution in [0.15, 0.2) is 91.0 Å². The first kappa shape index (κ1) is 21.0. The maximum atomic E-state index is 13.9. The molecule has 0 bridgehead atoms. The van der Waals surface area contributed by atoms with Crippen LogP contribution in [0.1, 0.15) is 33.5 Å². The van der Waals surface area contributed by atoms with Crippen molar-refractivity contribution < 1.29 is 4.79 Å². The Morgan fingerprint density at radius 2 is 1.42 bits per heavy atom. The molecule has 0 N–H and O–H groups in total. The molecule has 0 aliphatic carbocycles. The number of carbonyl (C=O) groups excluding carboxylic acids is 1. The summed E-state index contributed by atoms with van der Waals surface area (Å²) >= 11 is 1.58. The first-order valence-electron chi connectivity index (χ1n) is 10.5. The Kier molecular flexibility index (Phi) is 6.58. The van der Waals surface area contributed by atoms with E-state index in [1.165, 1.54) is 5.56 Å². The minimum absolute atomic E-state index is 0.0181. The Hall–Kier alpha value is -3.24. The van der Waals surface area contributed by atoms with E-state index in [9.17, 15) is 4.79 Å². The van der Waals surface area contributed by atoms with Crippen molar-refractivity contribution in [1.82, 2.24) is 9.88 Å². The van der Waals surface area contributed by atoms with Crippen LogP contribution >= 0.6 is 11.3 Å². The van der Waals surface area contributed by atoms with Gasteiger partial charge in [0.15, 0.2) is 0 Å². The Morgan fingerprint density at radius 1 is 0.871 bits per heavy atom. The van der Waals surface area contributed by atoms with E-state index in [4.69, 9.17) is 0 Å². The third-order valence-electron chi connectivity index (χ3n) is 5.34. The number of aryl methyl sites for hydroxylation is 1. The topological polar surface area (TPSA) is 33.2 Å². The first-order valence-corrected chi connectivity index (χ1v) is 11.3. The van der Waals surface area contributed by atoms with Crippen molar-refractivity contribution in [3.63, 3.8) is 0 Å². The number of thiazole rings is 1. The molecule has 1 heterocycles. The lowest BCUT2D eigenvalue weighted by atomic mass is 10.0. The van der Waals surface area contributed by atoms with Crippen LogP contribution in [0.2, 0.25) is 0 Å². The van der Waals surface area contributed by atoms with Gasteiger partial charge in [-0.1, -0.05) is 91.0 Å². The van der Waals surface area contributed by atoms with Crippen LogP contribution in [-0.2, 0) is 13.0 Å². The number of aromatic nitrogens is 1. The van der Waals surface area contributed by atoms with Crippen molar-refractivity contribution in [3.8, 4) is 10.4 Å². The third-order valence-corrected chi connectivity index (χ3v) is 6.36. The minimum Gasteiger partial charge on any atom is -0.330 e. The highest BCUT2D eigenvalue weighted by molar-refractivity contribution is 7.15. The van der Waals surface area contributed by atoms with Gasteiger partial charge in [-0.05, 0) is 37.0 Å². The summed E-state index contributed by atoms with van der Waals surface area (Å²) in [5.74, 6) is -0.0181. The number of rotatable bonds is 7. The van der Waals surface area contributed by atoms with Crippen molar-refractivity contribution in [1.29, 1.82) is 0 Å². The van der Waals surface area contributed by atoms with Crippen molar-refractivity contribution in [3.05, 3.63) is 113 Å². The van der Waals surface area contributed by atoms with E-state index < -0.39 is 0 Å². The van der Waals surface area contributed by atoms with Gasteiger partial charge in [0.25, 0.3) is 5.91 Å². The predicted molar refractivity (Wildman–Crippen MR) is 128 cm³/mol. The first-order chi connectivity index (χ1) is 15.1. The number of nitrogens with zero attached hydrogens (tertiary/aromatic N) is 2. The Balaban J connectivity index is 1.69. The highest BCUT2D eigenvalue weighted by Crippen LogP contribution is 2.31. The fraction of sp³-hybridized carbons (Fsp3) is 0.185. The summed E-state index contributed by atoms with van der Waals surface area (Å²) in [6.45, 7) is 4.64. The van der Waals surface area contributed by atoms with Gasteiger partial charge in [-0.3, -0.25) is 4.79 Å². The number of hydrogen-bond acceptors (Lipinski definition) is 3. The molecule has 4 rings (SSSR count). The fourth-order valence-electron chi connectivity index (χ4n) is 3.77. The number of carbonyl (C=O) groups is 1. The molecular formula is C27H26N2OS. The predicted octanol–water partition coefficient (Wildman–Crippen LogP) is 6.39. The van der Waals surface area contributed by atoms with Crippen molar-refractivity contribution >= 4 is 17.2 Å². The number of hydrogen-bond donors (Lipinski definition) is 0. The van der Waals surface area contributed by atoms with Crippen LogP contribution in [0, 0.1) is 6.92 Å². The summed E-state index contributed by atoms with van der Waals surface area (Å²) in [4.78, 5) is 21.4. The van der Waals surface area contributed by atoms with E-state index in [1.807, 2.05) is 78.6 Å². The quantitative estimate of drug-likeness (QED) is 0.343. The van der Waals surface area contributed by atoms with Gasteiger partial charge in [0.2, 0.25) is 0 Å². The average Bonchev–Trinajstić information content (AvgIpc) is 3.20. The Morgan fingerprint density at radius 3 is 2.03 bits per heavy atom. The molecule has 0 aliphatic rings. The molecule has 3 aromatic carbocycles. The molecule has 31 heavy (non-hydrogen) atoms. The average molecular weight is 427 g/mol. The summed E-state index contributed by atoms with van der Waals surface area (Å²) in [5.41, 5.74) is 3.92. The lowest BCUT2D eigenvalue weighted by molar-refractivity contribution is 0.0670. The summed E-state index contributed by atoms with van der Waals surface area (Å²) < 4.78 is 0. The van der Waals surface area contributed by atoms with Crippen molar-refractivity contribution in [2.75, 3.05) is 0 Å². The SMILES string of the molecule is Cc1nc(C(=O)N(Cc2ccccc2)C(C)Cc2ccccc2)c(-c2ccccc2)s1. The van der Waals surface area contributed by atoms with Gasteiger partial charge in [0.05, 0.1) is 9.88 Å². The molecule has 1 amide bonds. The zero-order chi connectivity index (χ0) is 21.6. The molecule has 4 heteroatoms. The molecule has 0 saturated carbocycles. The van der Waals surface area contributed by atoms with Crippen molar-refractivity contribution in [2.24, 2.45) is 0 Å². The molecule has 4 aromatic rings. The van der Waals surface area contributed by atoms with Crippen LogP contribution in [-0.4, -0.2) is 21.8 Å². The molecule has 0 fully saturated rings. The Bertz CT molecular complexity index is 1120. The molecule has 0 radical (unpaired) electrons. The lowest BCUT2D eigenvalue weighted by Gasteiger charge is -2.29. The van der Waals surface area contributed by atoms with E-state index in [2.05, 4.69) is 36.2 Å². The van der Waals surface area contributed by atoms with E-state index >= 15 is 0 Å². The second kappa shape index (κ2) is 9.71. The highest BCUT2D eigenvalue weighted by Gasteiger charge is 2.27. The molecule has 156 valence electrons. The van der Waals surface area contributed by atoms with E-state index in [-0.39, 0.29) is 11.9 Å². The second-order valence-corrected chi connectivity index (χ2v) is 8.94. The summed E-state index contributed by atoms with van der Waals surface area (Å²) in [6.07, 6.45) is 0.795. The smallest absolute Gasteiger partial charge is 0.274 e. The van der Waals surface area contributed by atoms with Gasteiger partial charge in [0.1, 0.15) is 5.69 Å². The summed E-state index contributed by atoms with van der Waals surface area (Å²) in [7, 11) is 0. The molecule has 1 aromatic heterocycles. The largest absolute Gasteiger partial charge is 0.330 e. The maximum Gasteiger partial charge on any atom is 0.274 e.